The van der Waals surface area contributed by atoms with Gasteiger partial charge in [0.05, 0.1) is 0 Å². The summed E-state index contributed by atoms with van der Waals surface area (Å²) >= 11 is 0. The van der Waals surface area contributed by atoms with E-state index in [1.165, 1.54) is 0 Å². The van der Waals surface area contributed by atoms with Crippen molar-refractivity contribution in [2.24, 2.45) is 5.41 Å². The van der Waals surface area contributed by atoms with E-state index in [2.05, 4.69) is 36.7 Å². The molecule has 0 fully saturated rings. The molecule has 0 aliphatic rings. The first-order chi connectivity index (χ1) is 10.5. The molecular formula is C17H35N3O3. The average Bonchev–Trinajstić information content (AvgIpc) is 2.32. The van der Waals surface area contributed by atoms with Crippen LogP contribution in [0.5, 0.6) is 0 Å². The molecule has 3 N–H and O–H groups in total. The second kappa shape index (κ2) is 10.5. The van der Waals surface area contributed by atoms with E-state index in [9.17, 15) is 9.59 Å². The van der Waals surface area contributed by atoms with Crippen LogP contribution in [-0.2, 0) is 9.53 Å². The van der Waals surface area contributed by atoms with Gasteiger partial charge >= 0.3 is 6.09 Å². The Labute approximate surface area is 141 Å². The third kappa shape index (κ3) is 16.9. The molecule has 0 aliphatic heterocycles. The number of hydrogen-bond donors (Lipinski definition) is 3. The Balaban J connectivity index is 3.41. The van der Waals surface area contributed by atoms with Crippen molar-refractivity contribution < 1.29 is 14.3 Å². The second-order valence-electron chi connectivity index (χ2n) is 7.97. The summed E-state index contributed by atoms with van der Waals surface area (Å²) in [4.78, 5) is 23.0. The Hall–Kier alpha value is -1.30. The molecule has 0 spiro atoms. The molecule has 0 aromatic carbocycles. The molecular weight excluding hydrogens is 294 g/mol. The van der Waals surface area contributed by atoms with Gasteiger partial charge in [0.25, 0.3) is 0 Å². The van der Waals surface area contributed by atoms with Gasteiger partial charge in [-0.15, -0.1) is 0 Å². The Bertz CT molecular complexity index is 323. The van der Waals surface area contributed by atoms with Crippen LogP contribution in [0.4, 0.5) is 4.79 Å². The molecule has 6 nitrogen and oxygen atoms in total. The van der Waals surface area contributed by atoms with E-state index in [1.54, 1.807) is 0 Å². The zero-order valence-corrected chi connectivity index (χ0v) is 15.7. The molecule has 0 radical (unpaired) electrons. The fourth-order valence-electron chi connectivity index (χ4n) is 1.83. The van der Waals surface area contributed by atoms with Crippen molar-refractivity contribution in [3.8, 4) is 0 Å². The van der Waals surface area contributed by atoms with Crippen molar-refractivity contribution in [2.45, 2.75) is 66.4 Å². The molecule has 136 valence electrons. The first-order valence-corrected chi connectivity index (χ1v) is 8.44. The summed E-state index contributed by atoms with van der Waals surface area (Å²) in [6.45, 7) is 14.6. The van der Waals surface area contributed by atoms with Gasteiger partial charge < -0.3 is 20.7 Å². The lowest BCUT2D eigenvalue weighted by atomic mass is 9.92. The number of nitrogens with one attached hydrogen (secondary N) is 3. The van der Waals surface area contributed by atoms with Crippen LogP contribution in [0.2, 0.25) is 0 Å². The lowest BCUT2D eigenvalue weighted by molar-refractivity contribution is -0.122. The van der Waals surface area contributed by atoms with Crippen LogP contribution in [0, 0.1) is 5.41 Å². The summed E-state index contributed by atoms with van der Waals surface area (Å²) in [6.07, 6.45) is 1.92. The maximum atomic E-state index is 11.6. The zero-order chi connectivity index (χ0) is 17.9. The van der Waals surface area contributed by atoms with Crippen LogP contribution in [0.3, 0.4) is 0 Å². The van der Waals surface area contributed by atoms with Crippen LogP contribution >= 0.6 is 0 Å². The minimum atomic E-state index is -0.459. The number of amides is 2. The van der Waals surface area contributed by atoms with E-state index in [0.717, 1.165) is 25.9 Å². The van der Waals surface area contributed by atoms with Crippen molar-refractivity contribution in [3.05, 3.63) is 0 Å². The maximum Gasteiger partial charge on any atom is 0.407 e. The molecule has 0 saturated heterocycles. The largest absolute Gasteiger partial charge is 0.444 e. The van der Waals surface area contributed by atoms with Crippen LogP contribution < -0.4 is 16.0 Å². The predicted octanol–water partition coefficient (Wildman–Crippen LogP) is 2.43. The molecule has 2 amide bonds. The first-order valence-electron chi connectivity index (χ1n) is 8.44. The van der Waals surface area contributed by atoms with Crippen molar-refractivity contribution in [3.63, 3.8) is 0 Å². The maximum absolute atomic E-state index is 11.6. The standard InChI is InChI=1S/C17H35N3O3/c1-16(2,3)13-14(21)19-11-7-9-18-10-8-12-20-15(22)23-17(4,5)6/h18H,7-13H2,1-6H3,(H,19,21)(H,20,22). The van der Waals surface area contributed by atoms with Gasteiger partial charge in [0.1, 0.15) is 5.60 Å². The average molecular weight is 329 g/mol. The van der Waals surface area contributed by atoms with E-state index in [1.807, 2.05) is 20.8 Å². The number of alkyl carbamates (subject to hydrolysis) is 1. The lowest BCUT2D eigenvalue weighted by Crippen LogP contribution is -2.34. The van der Waals surface area contributed by atoms with Crippen LogP contribution in [-0.4, -0.2) is 43.8 Å². The van der Waals surface area contributed by atoms with Crippen LogP contribution in [0.1, 0.15) is 60.8 Å². The van der Waals surface area contributed by atoms with Crippen LogP contribution in [0.15, 0.2) is 0 Å². The smallest absolute Gasteiger partial charge is 0.407 e. The lowest BCUT2D eigenvalue weighted by Gasteiger charge is -2.19. The molecule has 23 heavy (non-hydrogen) atoms. The van der Waals surface area contributed by atoms with Gasteiger partial charge in [-0.05, 0) is 52.1 Å². The van der Waals surface area contributed by atoms with Gasteiger partial charge in [-0.25, -0.2) is 4.79 Å². The van der Waals surface area contributed by atoms with E-state index in [0.29, 0.717) is 19.5 Å². The summed E-state index contributed by atoms with van der Waals surface area (Å²) in [5, 5.41) is 8.93. The molecule has 0 unspecified atom stereocenters. The van der Waals surface area contributed by atoms with Gasteiger partial charge in [-0.2, -0.15) is 0 Å². The van der Waals surface area contributed by atoms with Gasteiger partial charge in [0.15, 0.2) is 0 Å². The summed E-state index contributed by atoms with van der Waals surface area (Å²) in [7, 11) is 0. The van der Waals surface area contributed by atoms with Crippen molar-refractivity contribution >= 4 is 12.0 Å². The van der Waals surface area contributed by atoms with Gasteiger partial charge in [-0.3, -0.25) is 4.79 Å². The summed E-state index contributed by atoms with van der Waals surface area (Å²) < 4.78 is 5.14. The van der Waals surface area contributed by atoms with Crippen molar-refractivity contribution in [1.29, 1.82) is 0 Å². The molecule has 0 aliphatic carbocycles. The van der Waals surface area contributed by atoms with Gasteiger partial charge in [0.2, 0.25) is 5.91 Å². The predicted molar refractivity (Wildman–Crippen MR) is 93.4 cm³/mol. The molecule has 0 atom stereocenters. The third-order valence-electron chi connectivity index (χ3n) is 2.74. The fourth-order valence-corrected chi connectivity index (χ4v) is 1.83. The molecule has 0 aromatic rings. The van der Waals surface area contributed by atoms with E-state index in [-0.39, 0.29) is 17.4 Å². The van der Waals surface area contributed by atoms with E-state index in [4.69, 9.17) is 4.74 Å². The molecule has 0 aromatic heterocycles. The summed E-state index contributed by atoms with van der Waals surface area (Å²) in [6, 6.07) is 0. The summed E-state index contributed by atoms with van der Waals surface area (Å²) in [5.74, 6) is 0.110. The van der Waals surface area contributed by atoms with Crippen LogP contribution in [0.25, 0.3) is 0 Å². The normalized spacial score (nSPS) is 11.9. The minimum absolute atomic E-state index is 0.0312. The second-order valence-corrected chi connectivity index (χ2v) is 7.97. The Morgan fingerprint density at radius 3 is 1.83 bits per heavy atom. The topological polar surface area (TPSA) is 79.5 Å². The monoisotopic (exact) mass is 329 g/mol. The molecule has 6 heteroatoms. The van der Waals surface area contributed by atoms with E-state index >= 15 is 0 Å². The van der Waals surface area contributed by atoms with E-state index < -0.39 is 5.60 Å². The Morgan fingerprint density at radius 2 is 1.35 bits per heavy atom. The highest BCUT2D eigenvalue weighted by Crippen LogP contribution is 2.17. The molecule has 0 rings (SSSR count). The highest BCUT2D eigenvalue weighted by Gasteiger charge is 2.15. The highest BCUT2D eigenvalue weighted by molar-refractivity contribution is 5.76. The molecule has 0 bridgehead atoms. The Morgan fingerprint density at radius 1 is 0.826 bits per heavy atom. The number of carbonyl (C=O) groups is 2. The number of hydrogen-bond acceptors (Lipinski definition) is 4. The molecule has 0 heterocycles. The van der Waals surface area contributed by atoms with Crippen molar-refractivity contribution in [2.75, 3.05) is 26.2 Å². The van der Waals surface area contributed by atoms with Gasteiger partial charge in [-0.1, -0.05) is 20.8 Å². The first kappa shape index (κ1) is 21.7. The highest BCUT2D eigenvalue weighted by atomic mass is 16.6. The SMILES string of the molecule is CC(C)(C)CC(=O)NCCCNCCCNC(=O)OC(C)(C)C. The quantitative estimate of drug-likeness (QED) is 0.568. The minimum Gasteiger partial charge on any atom is -0.444 e. The number of carbonyl (C=O) groups excluding carboxylic acids is 2. The van der Waals surface area contributed by atoms with Gasteiger partial charge in [0, 0.05) is 19.5 Å². The summed E-state index contributed by atoms with van der Waals surface area (Å²) in [5.41, 5.74) is -0.427. The number of ether oxygens (including phenoxy) is 1. The van der Waals surface area contributed by atoms with Crippen molar-refractivity contribution in [1.82, 2.24) is 16.0 Å². The Kier molecular flexibility index (Phi) is 9.88. The third-order valence-corrected chi connectivity index (χ3v) is 2.74. The fraction of sp³-hybridized carbons (Fsp3) is 0.882. The molecule has 0 saturated carbocycles. The number of rotatable bonds is 9. The zero-order valence-electron chi connectivity index (χ0n) is 15.7.